The Morgan fingerprint density at radius 3 is 2.42 bits per heavy atom. The maximum atomic E-state index is 12.4. The zero-order valence-electron chi connectivity index (χ0n) is 10.4. The van der Waals surface area contributed by atoms with Crippen LogP contribution in [0.5, 0.6) is 0 Å². The van der Waals surface area contributed by atoms with Gasteiger partial charge in [0.2, 0.25) is 0 Å². The molecule has 0 heterocycles. The maximum Gasteiger partial charge on any atom is 0.254 e. The van der Waals surface area contributed by atoms with Gasteiger partial charge < -0.3 is 15.8 Å². The maximum absolute atomic E-state index is 12.4. The molecular formula is C12H15Br2N3O2. The van der Waals surface area contributed by atoms with Crippen LogP contribution in [0.1, 0.15) is 23.7 Å². The van der Waals surface area contributed by atoms with Gasteiger partial charge in [-0.25, -0.2) is 0 Å². The first-order chi connectivity index (χ1) is 8.97. The fraction of sp³-hybridized carbons (Fsp3) is 0.333. The van der Waals surface area contributed by atoms with E-state index in [4.69, 9.17) is 10.9 Å². The number of hydrogen-bond donors (Lipinski definition) is 2. The first-order valence-corrected chi connectivity index (χ1v) is 7.28. The Hall–Kier alpha value is -1.08. The number of amidine groups is 1. The topological polar surface area (TPSA) is 78.9 Å². The molecule has 0 atom stereocenters. The Balaban J connectivity index is 2.98. The summed E-state index contributed by atoms with van der Waals surface area (Å²) in [6.45, 7) is 2.61. The van der Waals surface area contributed by atoms with Crippen molar-refractivity contribution in [3.63, 3.8) is 0 Å². The van der Waals surface area contributed by atoms with Crippen molar-refractivity contribution >= 4 is 43.6 Å². The highest BCUT2D eigenvalue weighted by atomic mass is 79.9. The van der Waals surface area contributed by atoms with E-state index < -0.39 is 0 Å². The molecule has 0 aromatic heterocycles. The first-order valence-electron chi connectivity index (χ1n) is 5.69. The van der Waals surface area contributed by atoms with E-state index >= 15 is 0 Å². The van der Waals surface area contributed by atoms with E-state index in [1.54, 1.807) is 17.0 Å². The molecule has 3 N–H and O–H groups in total. The lowest BCUT2D eigenvalue weighted by molar-refractivity contribution is 0.0778. The molecule has 1 aromatic rings. The molecular weight excluding hydrogens is 378 g/mol. The largest absolute Gasteiger partial charge is 0.409 e. The Morgan fingerprint density at radius 1 is 1.37 bits per heavy atom. The molecule has 0 bridgehead atoms. The molecule has 7 heteroatoms. The molecule has 19 heavy (non-hydrogen) atoms. The molecule has 1 rings (SSSR count). The fourth-order valence-electron chi connectivity index (χ4n) is 1.61. The van der Waals surface area contributed by atoms with E-state index in [0.29, 0.717) is 12.1 Å². The van der Waals surface area contributed by atoms with Gasteiger partial charge in [-0.1, -0.05) is 43.9 Å². The van der Waals surface area contributed by atoms with Crippen molar-refractivity contribution in [2.24, 2.45) is 10.9 Å². The van der Waals surface area contributed by atoms with Gasteiger partial charge >= 0.3 is 0 Å². The van der Waals surface area contributed by atoms with Crippen molar-refractivity contribution in [3.8, 4) is 0 Å². The van der Waals surface area contributed by atoms with E-state index in [1.165, 1.54) is 0 Å². The normalized spacial score (nSPS) is 11.4. The Kier molecular flexibility index (Phi) is 6.30. The smallest absolute Gasteiger partial charge is 0.254 e. The van der Waals surface area contributed by atoms with Gasteiger partial charge in [0.1, 0.15) is 0 Å². The zero-order chi connectivity index (χ0) is 14.4. The van der Waals surface area contributed by atoms with Gasteiger partial charge in [0.05, 0.1) is 6.54 Å². The molecule has 104 valence electrons. The van der Waals surface area contributed by atoms with E-state index in [1.807, 2.05) is 13.0 Å². The van der Waals surface area contributed by atoms with Crippen LogP contribution in [0.15, 0.2) is 32.3 Å². The van der Waals surface area contributed by atoms with E-state index in [2.05, 4.69) is 37.0 Å². The number of nitrogens with zero attached hydrogens (tertiary/aromatic N) is 2. The Labute approximate surface area is 128 Å². The quantitative estimate of drug-likeness (QED) is 0.350. The van der Waals surface area contributed by atoms with Crippen LogP contribution in [-0.4, -0.2) is 34.9 Å². The fourth-order valence-corrected chi connectivity index (χ4v) is 2.90. The molecule has 0 saturated carbocycles. The summed E-state index contributed by atoms with van der Waals surface area (Å²) < 4.78 is 1.62. The zero-order valence-corrected chi connectivity index (χ0v) is 13.6. The lowest BCUT2D eigenvalue weighted by Crippen LogP contribution is -2.39. The average molecular weight is 393 g/mol. The van der Waals surface area contributed by atoms with Crippen molar-refractivity contribution < 1.29 is 10.0 Å². The summed E-state index contributed by atoms with van der Waals surface area (Å²) in [5.41, 5.74) is 6.01. The molecule has 5 nitrogen and oxygen atoms in total. The number of benzene rings is 1. The van der Waals surface area contributed by atoms with Crippen LogP contribution >= 0.6 is 31.9 Å². The summed E-state index contributed by atoms with van der Waals surface area (Å²) in [6.07, 6.45) is 0.791. The molecule has 0 spiro atoms. The summed E-state index contributed by atoms with van der Waals surface area (Å²) in [5.74, 6) is -0.147. The minimum atomic E-state index is -0.157. The number of carbonyl (C=O) groups excluding carboxylic acids is 1. The second-order valence-corrected chi connectivity index (χ2v) is 5.81. The molecule has 0 aliphatic carbocycles. The van der Waals surface area contributed by atoms with Crippen molar-refractivity contribution in [2.45, 2.75) is 13.3 Å². The second kappa shape index (κ2) is 7.49. The van der Waals surface area contributed by atoms with Crippen LogP contribution in [-0.2, 0) is 0 Å². The number of carbonyl (C=O) groups is 1. The third kappa shape index (κ3) is 4.83. The summed E-state index contributed by atoms with van der Waals surface area (Å²) in [5, 5.41) is 11.5. The summed E-state index contributed by atoms with van der Waals surface area (Å²) in [6, 6.07) is 5.33. The molecule has 1 aromatic carbocycles. The summed E-state index contributed by atoms with van der Waals surface area (Å²) in [7, 11) is 0. The van der Waals surface area contributed by atoms with Gasteiger partial charge in [0, 0.05) is 21.1 Å². The molecule has 0 fully saturated rings. The average Bonchev–Trinajstić information content (AvgIpc) is 2.36. The predicted octanol–water partition coefficient (Wildman–Crippen LogP) is 2.81. The number of halogens is 2. The van der Waals surface area contributed by atoms with Crippen molar-refractivity contribution in [3.05, 3.63) is 32.7 Å². The standard InChI is InChI=1S/C12H15Br2N3O2/c1-2-3-17(7-11(15)16-19)12(18)8-4-9(13)6-10(14)5-8/h4-6,19H,2-3,7H2,1H3,(H2,15,16). The van der Waals surface area contributed by atoms with Crippen LogP contribution in [0.4, 0.5) is 0 Å². The highest BCUT2D eigenvalue weighted by Gasteiger charge is 2.17. The summed E-state index contributed by atoms with van der Waals surface area (Å²) in [4.78, 5) is 13.9. The van der Waals surface area contributed by atoms with Crippen molar-refractivity contribution in [1.82, 2.24) is 4.90 Å². The first kappa shape index (κ1) is 16.0. The molecule has 0 aliphatic heterocycles. The lowest BCUT2D eigenvalue weighted by atomic mass is 10.2. The minimum Gasteiger partial charge on any atom is -0.409 e. The highest BCUT2D eigenvalue weighted by Crippen LogP contribution is 2.21. The highest BCUT2D eigenvalue weighted by molar-refractivity contribution is 9.11. The van der Waals surface area contributed by atoms with Gasteiger partial charge in [-0.2, -0.15) is 0 Å². The number of nitrogens with two attached hydrogens (primary N) is 1. The minimum absolute atomic E-state index is 0.0101. The van der Waals surface area contributed by atoms with Crippen LogP contribution in [0.25, 0.3) is 0 Å². The molecule has 1 amide bonds. The predicted molar refractivity (Wildman–Crippen MR) is 81.4 cm³/mol. The van der Waals surface area contributed by atoms with E-state index in [9.17, 15) is 4.79 Å². The SMILES string of the molecule is CCCN(C/C(N)=N/O)C(=O)c1cc(Br)cc(Br)c1. The second-order valence-electron chi connectivity index (χ2n) is 3.98. The number of oxime groups is 1. The van der Waals surface area contributed by atoms with Gasteiger partial charge in [-0.15, -0.1) is 0 Å². The lowest BCUT2D eigenvalue weighted by Gasteiger charge is -2.21. The number of rotatable bonds is 5. The van der Waals surface area contributed by atoms with Gasteiger partial charge in [0.15, 0.2) is 5.84 Å². The van der Waals surface area contributed by atoms with Crippen LogP contribution in [0.3, 0.4) is 0 Å². The van der Waals surface area contributed by atoms with Crippen LogP contribution in [0, 0.1) is 0 Å². The molecule has 0 radical (unpaired) electrons. The summed E-state index contributed by atoms with van der Waals surface area (Å²) >= 11 is 6.69. The third-order valence-electron chi connectivity index (χ3n) is 2.37. The monoisotopic (exact) mass is 391 g/mol. The molecule has 0 aliphatic rings. The third-order valence-corrected chi connectivity index (χ3v) is 3.29. The Morgan fingerprint density at radius 2 is 1.95 bits per heavy atom. The number of amides is 1. The van der Waals surface area contributed by atoms with E-state index in [0.717, 1.165) is 15.4 Å². The van der Waals surface area contributed by atoms with Gasteiger partial charge in [0.25, 0.3) is 5.91 Å². The van der Waals surface area contributed by atoms with Crippen molar-refractivity contribution in [1.29, 1.82) is 0 Å². The number of hydrogen-bond acceptors (Lipinski definition) is 3. The van der Waals surface area contributed by atoms with Crippen LogP contribution < -0.4 is 5.73 Å². The van der Waals surface area contributed by atoms with Crippen LogP contribution in [0.2, 0.25) is 0 Å². The van der Waals surface area contributed by atoms with Gasteiger partial charge in [-0.3, -0.25) is 4.79 Å². The molecule has 0 unspecified atom stereocenters. The van der Waals surface area contributed by atoms with E-state index in [-0.39, 0.29) is 18.3 Å². The molecule has 0 saturated heterocycles. The van der Waals surface area contributed by atoms with Gasteiger partial charge in [-0.05, 0) is 24.6 Å². The Bertz CT molecular complexity index is 472. The van der Waals surface area contributed by atoms with Crippen molar-refractivity contribution in [2.75, 3.05) is 13.1 Å².